The monoisotopic (exact) mass is 210 g/mol. The molecule has 0 spiro atoms. The van der Waals surface area contributed by atoms with Crippen LogP contribution in [0.4, 0.5) is 0 Å². The van der Waals surface area contributed by atoms with Gasteiger partial charge in [0.25, 0.3) is 0 Å². The van der Waals surface area contributed by atoms with Gasteiger partial charge in [0, 0.05) is 29.6 Å². The lowest BCUT2D eigenvalue weighted by Gasteiger charge is -2.04. The second-order valence-corrected chi connectivity index (χ2v) is 5.67. The average molecular weight is 210 g/mol. The Labute approximate surface area is 89.8 Å². The highest BCUT2D eigenvalue weighted by Gasteiger charge is 2.36. The minimum Gasteiger partial charge on any atom is -0.310 e. The van der Waals surface area contributed by atoms with Crippen molar-refractivity contribution < 1.29 is 0 Å². The average Bonchev–Trinajstić information content (AvgIpc) is 2.68. The molecule has 14 heavy (non-hydrogen) atoms. The molecule has 2 nitrogen and oxygen atoms in total. The molecule has 1 aromatic rings. The Bertz CT molecular complexity index is 306. The van der Waals surface area contributed by atoms with E-state index in [4.69, 9.17) is 0 Å². The molecule has 0 bridgehead atoms. The summed E-state index contributed by atoms with van der Waals surface area (Å²) in [6.07, 6.45) is 3.37. The van der Waals surface area contributed by atoms with Crippen LogP contribution in [0, 0.1) is 5.92 Å². The van der Waals surface area contributed by atoms with Gasteiger partial charge < -0.3 is 5.32 Å². The van der Waals surface area contributed by atoms with Crippen LogP contribution in [-0.4, -0.2) is 11.0 Å². The van der Waals surface area contributed by atoms with Crippen LogP contribution in [0.5, 0.6) is 0 Å². The minimum atomic E-state index is 0.556. The summed E-state index contributed by atoms with van der Waals surface area (Å²) >= 11 is 1.88. The van der Waals surface area contributed by atoms with Gasteiger partial charge in [0.15, 0.2) is 0 Å². The number of hydrogen-bond acceptors (Lipinski definition) is 3. The molecule has 2 rings (SSSR count). The van der Waals surface area contributed by atoms with Crippen molar-refractivity contribution in [2.75, 3.05) is 0 Å². The van der Waals surface area contributed by atoms with E-state index in [2.05, 4.69) is 31.1 Å². The maximum atomic E-state index is 4.49. The summed E-state index contributed by atoms with van der Waals surface area (Å²) in [5, 5.41) is 4.76. The highest BCUT2D eigenvalue weighted by atomic mass is 32.1. The van der Waals surface area contributed by atoms with Gasteiger partial charge in [-0.05, 0) is 12.3 Å². The molecule has 1 fully saturated rings. The summed E-state index contributed by atoms with van der Waals surface area (Å²) in [6.45, 7) is 7.62. The fraction of sp³-hybridized carbons (Fsp3) is 0.727. The van der Waals surface area contributed by atoms with E-state index in [1.807, 2.05) is 17.5 Å². The zero-order chi connectivity index (χ0) is 10.1. The van der Waals surface area contributed by atoms with Crippen LogP contribution in [0.1, 0.15) is 43.0 Å². The molecule has 1 N–H and O–H groups in total. The lowest BCUT2D eigenvalue weighted by molar-refractivity contribution is 0.593. The molecule has 0 saturated heterocycles. The molecule has 0 aliphatic heterocycles. The number of aromatic nitrogens is 1. The molecule has 3 heteroatoms. The van der Waals surface area contributed by atoms with Crippen LogP contribution in [0.15, 0.2) is 6.20 Å². The van der Waals surface area contributed by atoms with Gasteiger partial charge in [-0.3, -0.25) is 0 Å². The third-order valence-electron chi connectivity index (χ3n) is 2.68. The number of nitrogens with one attached hydrogen (secondary N) is 1. The van der Waals surface area contributed by atoms with Crippen LogP contribution >= 0.6 is 11.3 Å². The zero-order valence-corrected chi connectivity index (χ0v) is 9.90. The Balaban J connectivity index is 1.90. The second kappa shape index (κ2) is 3.99. The number of nitrogens with zero attached hydrogens (tertiary/aromatic N) is 1. The standard InChI is InChI=1S/C11H18N2S/c1-7(2)12-5-9-6-13-11(14-9)10-4-8(10)3/h6-8,10,12H,4-5H2,1-3H3. The Morgan fingerprint density at radius 2 is 2.36 bits per heavy atom. The van der Waals surface area contributed by atoms with Gasteiger partial charge in [0.2, 0.25) is 0 Å². The van der Waals surface area contributed by atoms with Crippen LogP contribution in [0.25, 0.3) is 0 Å². The fourth-order valence-corrected chi connectivity index (χ4v) is 2.66. The zero-order valence-electron chi connectivity index (χ0n) is 9.08. The molecule has 0 amide bonds. The highest BCUT2D eigenvalue weighted by Crippen LogP contribution is 2.47. The van der Waals surface area contributed by atoms with E-state index in [0.717, 1.165) is 18.4 Å². The normalized spacial score (nSPS) is 25.7. The molecule has 1 aliphatic carbocycles. The number of rotatable bonds is 4. The quantitative estimate of drug-likeness (QED) is 0.826. The van der Waals surface area contributed by atoms with E-state index in [-0.39, 0.29) is 0 Å². The molecule has 2 atom stereocenters. The maximum Gasteiger partial charge on any atom is 0.0961 e. The molecular formula is C11H18N2S. The summed E-state index contributed by atoms with van der Waals surface area (Å²) in [4.78, 5) is 5.85. The first-order valence-electron chi connectivity index (χ1n) is 5.35. The molecule has 1 aromatic heterocycles. The Kier molecular flexibility index (Phi) is 2.88. The SMILES string of the molecule is CC(C)NCc1cnc(C2CC2C)s1. The van der Waals surface area contributed by atoms with E-state index in [1.54, 1.807) is 0 Å². The summed E-state index contributed by atoms with van der Waals surface area (Å²) < 4.78 is 0. The first-order chi connectivity index (χ1) is 6.66. The van der Waals surface area contributed by atoms with Crippen LogP contribution in [-0.2, 0) is 6.54 Å². The smallest absolute Gasteiger partial charge is 0.0961 e. The molecule has 2 unspecified atom stereocenters. The first-order valence-corrected chi connectivity index (χ1v) is 6.16. The first kappa shape index (κ1) is 10.1. The predicted octanol–water partition coefficient (Wildman–Crippen LogP) is 2.76. The third-order valence-corrected chi connectivity index (χ3v) is 3.81. The Hall–Kier alpha value is -0.410. The molecule has 1 heterocycles. The van der Waals surface area contributed by atoms with Crippen molar-refractivity contribution in [3.05, 3.63) is 16.1 Å². The van der Waals surface area contributed by atoms with Gasteiger partial charge in [0.1, 0.15) is 0 Å². The van der Waals surface area contributed by atoms with Crippen LogP contribution in [0.3, 0.4) is 0 Å². The summed E-state index contributed by atoms with van der Waals surface area (Å²) in [7, 11) is 0. The molecule has 1 saturated carbocycles. The van der Waals surface area contributed by atoms with Gasteiger partial charge in [-0.25, -0.2) is 4.98 Å². The van der Waals surface area contributed by atoms with Crippen molar-refractivity contribution >= 4 is 11.3 Å². The predicted molar refractivity (Wildman–Crippen MR) is 60.6 cm³/mol. The van der Waals surface area contributed by atoms with Gasteiger partial charge in [0.05, 0.1) is 5.01 Å². The van der Waals surface area contributed by atoms with E-state index in [0.29, 0.717) is 6.04 Å². The van der Waals surface area contributed by atoms with E-state index in [9.17, 15) is 0 Å². The molecule has 78 valence electrons. The van der Waals surface area contributed by atoms with Gasteiger partial charge >= 0.3 is 0 Å². The molecule has 0 radical (unpaired) electrons. The molecule has 1 aliphatic rings. The number of thiazole rings is 1. The summed E-state index contributed by atoms with van der Waals surface area (Å²) in [5.74, 6) is 1.64. The minimum absolute atomic E-state index is 0.556. The van der Waals surface area contributed by atoms with Gasteiger partial charge in [-0.2, -0.15) is 0 Å². The Morgan fingerprint density at radius 1 is 1.64 bits per heavy atom. The summed E-state index contributed by atoms with van der Waals surface area (Å²) in [6, 6.07) is 0.556. The summed E-state index contributed by atoms with van der Waals surface area (Å²) in [5.41, 5.74) is 0. The van der Waals surface area contributed by atoms with Crippen molar-refractivity contribution in [2.45, 2.75) is 45.7 Å². The lowest BCUT2D eigenvalue weighted by atomic mass is 10.3. The lowest BCUT2D eigenvalue weighted by Crippen LogP contribution is -2.21. The fourth-order valence-electron chi connectivity index (χ4n) is 1.55. The highest BCUT2D eigenvalue weighted by molar-refractivity contribution is 7.11. The Morgan fingerprint density at radius 3 is 2.93 bits per heavy atom. The molecular weight excluding hydrogens is 192 g/mol. The van der Waals surface area contributed by atoms with E-state index >= 15 is 0 Å². The maximum absolute atomic E-state index is 4.49. The van der Waals surface area contributed by atoms with Gasteiger partial charge in [-0.15, -0.1) is 11.3 Å². The number of hydrogen-bond donors (Lipinski definition) is 1. The molecule has 0 aromatic carbocycles. The largest absolute Gasteiger partial charge is 0.310 e. The van der Waals surface area contributed by atoms with Crippen molar-refractivity contribution in [2.24, 2.45) is 5.92 Å². The van der Waals surface area contributed by atoms with Crippen LogP contribution < -0.4 is 5.32 Å². The van der Waals surface area contributed by atoms with E-state index in [1.165, 1.54) is 16.3 Å². The third kappa shape index (κ3) is 2.34. The van der Waals surface area contributed by atoms with Gasteiger partial charge in [-0.1, -0.05) is 20.8 Å². The van der Waals surface area contributed by atoms with Crippen molar-refractivity contribution in [3.8, 4) is 0 Å². The van der Waals surface area contributed by atoms with Crippen molar-refractivity contribution in [3.63, 3.8) is 0 Å². The van der Waals surface area contributed by atoms with Crippen molar-refractivity contribution in [1.82, 2.24) is 10.3 Å². The topological polar surface area (TPSA) is 24.9 Å². The van der Waals surface area contributed by atoms with E-state index < -0.39 is 0 Å². The van der Waals surface area contributed by atoms with Crippen molar-refractivity contribution in [1.29, 1.82) is 0 Å². The second-order valence-electron chi connectivity index (χ2n) is 4.52. The van der Waals surface area contributed by atoms with Crippen LogP contribution in [0.2, 0.25) is 0 Å².